The van der Waals surface area contributed by atoms with Crippen LogP contribution in [0.15, 0.2) is 48.0 Å². The molecule has 3 rings (SSSR count). The predicted molar refractivity (Wildman–Crippen MR) is 88.2 cm³/mol. The SMILES string of the molecule is CN(C)CC1CCC(=Cc2cccc3ccccc23)C1=O. The summed E-state index contributed by atoms with van der Waals surface area (Å²) in [6.07, 6.45) is 3.98. The second-order valence-corrected chi connectivity index (χ2v) is 6.10. The highest BCUT2D eigenvalue weighted by molar-refractivity contribution is 6.05. The molecule has 0 aromatic heterocycles. The summed E-state index contributed by atoms with van der Waals surface area (Å²) in [5.41, 5.74) is 2.14. The molecule has 2 nitrogen and oxygen atoms in total. The van der Waals surface area contributed by atoms with E-state index in [1.54, 1.807) is 0 Å². The topological polar surface area (TPSA) is 20.3 Å². The van der Waals surface area contributed by atoms with Crippen LogP contribution in [-0.2, 0) is 4.79 Å². The van der Waals surface area contributed by atoms with Crippen LogP contribution in [0.2, 0.25) is 0 Å². The van der Waals surface area contributed by atoms with Crippen LogP contribution >= 0.6 is 0 Å². The highest BCUT2D eigenvalue weighted by Gasteiger charge is 2.29. The fraction of sp³-hybridized carbons (Fsp3) is 0.316. The van der Waals surface area contributed by atoms with Gasteiger partial charge in [0.2, 0.25) is 0 Å². The van der Waals surface area contributed by atoms with Gasteiger partial charge in [0.25, 0.3) is 0 Å². The predicted octanol–water partition coefficient (Wildman–Crippen LogP) is 3.76. The van der Waals surface area contributed by atoms with Crippen molar-refractivity contribution in [3.8, 4) is 0 Å². The van der Waals surface area contributed by atoms with Crippen molar-refractivity contribution in [1.82, 2.24) is 4.90 Å². The molecule has 1 unspecified atom stereocenters. The molecule has 2 heteroatoms. The lowest BCUT2D eigenvalue weighted by molar-refractivity contribution is -0.118. The molecule has 1 aliphatic carbocycles. The maximum Gasteiger partial charge on any atom is 0.163 e. The Balaban J connectivity index is 1.93. The molecule has 1 aliphatic rings. The summed E-state index contributed by atoms with van der Waals surface area (Å²) in [4.78, 5) is 14.6. The molecule has 1 fully saturated rings. The highest BCUT2D eigenvalue weighted by Crippen LogP contribution is 2.30. The first kappa shape index (κ1) is 14.0. The minimum absolute atomic E-state index is 0.168. The monoisotopic (exact) mass is 279 g/mol. The smallest absolute Gasteiger partial charge is 0.163 e. The van der Waals surface area contributed by atoms with Gasteiger partial charge in [-0.05, 0) is 54.9 Å². The Bertz CT molecular complexity index is 694. The molecule has 0 amide bonds. The van der Waals surface area contributed by atoms with Crippen LogP contribution in [0.5, 0.6) is 0 Å². The van der Waals surface area contributed by atoms with Crippen molar-refractivity contribution in [2.24, 2.45) is 5.92 Å². The van der Waals surface area contributed by atoms with E-state index in [9.17, 15) is 4.79 Å². The lowest BCUT2D eigenvalue weighted by Crippen LogP contribution is -2.24. The summed E-state index contributed by atoms with van der Waals surface area (Å²) >= 11 is 0. The molecule has 108 valence electrons. The summed E-state index contributed by atoms with van der Waals surface area (Å²) in [5, 5.41) is 2.44. The number of carbonyl (C=O) groups excluding carboxylic acids is 1. The van der Waals surface area contributed by atoms with Gasteiger partial charge in [-0.3, -0.25) is 4.79 Å². The molecular formula is C19H21NO. The van der Waals surface area contributed by atoms with E-state index >= 15 is 0 Å². The third-order valence-electron chi connectivity index (χ3n) is 4.19. The Morgan fingerprint density at radius 3 is 2.71 bits per heavy atom. The van der Waals surface area contributed by atoms with Crippen LogP contribution in [-0.4, -0.2) is 31.3 Å². The van der Waals surface area contributed by atoms with Crippen LogP contribution in [0.1, 0.15) is 18.4 Å². The molecular weight excluding hydrogens is 258 g/mol. The highest BCUT2D eigenvalue weighted by atomic mass is 16.1. The van der Waals surface area contributed by atoms with E-state index in [-0.39, 0.29) is 5.92 Å². The molecule has 0 heterocycles. The average molecular weight is 279 g/mol. The second kappa shape index (κ2) is 5.82. The number of ketones is 1. The van der Waals surface area contributed by atoms with Crippen LogP contribution in [0, 0.1) is 5.92 Å². The maximum atomic E-state index is 12.5. The van der Waals surface area contributed by atoms with Gasteiger partial charge in [0.1, 0.15) is 0 Å². The van der Waals surface area contributed by atoms with Gasteiger partial charge in [0.05, 0.1) is 0 Å². The first-order valence-corrected chi connectivity index (χ1v) is 7.52. The van der Waals surface area contributed by atoms with Gasteiger partial charge in [0, 0.05) is 12.5 Å². The van der Waals surface area contributed by atoms with Crippen molar-refractivity contribution in [3.63, 3.8) is 0 Å². The maximum absolute atomic E-state index is 12.5. The Labute approximate surface area is 126 Å². The minimum atomic E-state index is 0.168. The standard InChI is InChI=1S/C19H21NO/c1-20(2)13-17-11-10-16(19(17)21)12-15-8-5-7-14-6-3-4-9-18(14)15/h3-9,12,17H,10-11,13H2,1-2H3. The van der Waals surface area contributed by atoms with Gasteiger partial charge in [-0.1, -0.05) is 42.5 Å². The van der Waals surface area contributed by atoms with E-state index in [0.29, 0.717) is 5.78 Å². The van der Waals surface area contributed by atoms with E-state index in [0.717, 1.165) is 30.5 Å². The summed E-state index contributed by atoms with van der Waals surface area (Å²) < 4.78 is 0. The molecule has 0 N–H and O–H groups in total. The second-order valence-electron chi connectivity index (χ2n) is 6.10. The van der Waals surface area contributed by atoms with Gasteiger partial charge >= 0.3 is 0 Å². The van der Waals surface area contributed by atoms with Crippen LogP contribution in [0.4, 0.5) is 0 Å². The molecule has 1 atom stereocenters. The minimum Gasteiger partial charge on any atom is -0.309 e. The normalized spacial score (nSPS) is 20.8. The number of nitrogens with zero attached hydrogens (tertiary/aromatic N) is 1. The van der Waals surface area contributed by atoms with Crippen molar-refractivity contribution >= 4 is 22.6 Å². The fourth-order valence-corrected chi connectivity index (χ4v) is 3.17. The number of Topliss-reactive ketones (excluding diaryl/α,β-unsaturated/α-hetero) is 1. The average Bonchev–Trinajstić information content (AvgIpc) is 2.80. The summed E-state index contributed by atoms with van der Waals surface area (Å²) in [7, 11) is 4.05. The third kappa shape index (κ3) is 2.91. The molecule has 2 aromatic carbocycles. The Morgan fingerprint density at radius 1 is 1.14 bits per heavy atom. The quantitative estimate of drug-likeness (QED) is 0.797. The van der Waals surface area contributed by atoms with E-state index in [2.05, 4.69) is 47.4 Å². The summed E-state index contributed by atoms with van der Waals surface area (Å²) in [6, 6.07) is 14.6. The van der Waals surface area contributed by atoms with Crippen LogP contribution in [0.25, 0.3) is 16.8 Å². The van der Waals surface area contributed by atoms with Crippen LogP contribution in [0.3, 0.4) is 0 Å². The van der Waals surface area contributed by atoms with Crippen molar-refractivity contribution < 1.29 is 4.79 Å². The number of fused-ring (bicyclic) bond motifs is 1. The fourth-order valence-electron chi connectivity index (χ4n) is 3.17. The first-order valence-electron chi connectivity index (χ1n) is 7.52. The largest absolute Gasteiger partial charge is 0.309 e. The molecule has 1 saturated carbocycles. The molecule has 0 radical (unpaired) electrons. The molecule has 2 aromatic rings. The summed E-state index contributed by atoms with van der Waals surface area (Å²) in [6.45, 7) is 0.853. The van der Waals surface area contributed by atoms with Gasteiger partial charge < -0.3 is 4.90 Å². The van der Waals surface area contributed by atoms with Gasteiger partial charge in [0.15, 0.2) is 5.78 Å². The molecule has 0 aliphatic heterocycles. The van der Waals surface area contributed by atoms with Crippen molar-refractivity contribution in [2.45, 2.75) is 12.8 Å². The first-order chi connectivity index (χ1) is 10.1. The number of hydrogen-bond donors (Lipinski definition) is 0. The van der Waals surface area contributed by atoms with Crippen molar-refractivity contribution in [3.05, 3.63) is 53.6 Å². The van der Waals surface area contributed by atoms with E-state index in [1.807, 2.05) is 20.2 Å². The zero-order valence-electron chi connectivity index (χ0n) is 12.7. The molecule has 0 saturated heterocycles. The van der Waals surface area contributed by atoms with Gasteiger partial charge in [-0.2, -0.15) is 0 Å². The number of allylic oxidation sites excluding steroid dienone is 1. The van der Waals surface area contributed by atoms with Gasteiger partial charge in [-0.25, -0.2) is 0 Å². The van der Waals surface area contributed by atoms with E-state index in [4.69, 9.17) is 0 Å². The number of hydrogen-bond acceptors (Lipinski definition) is 2. The molecule has 0 bridgehead atoms. The number of benzene rings is 2. The van der Waals surface area contributed by atoms with Crippen molar-refractivity contribution in [1.29, 1.82) is 0 Å². The zero-order valence-corrected chi connectivity index (χ0v) is 12.7. The zero-order chi connectivity index (χ0) is 14.8. The third-order valence-corrected chi connectivity index (χ3v) is 4.19. The Hall–Kier alpha value is -1.93. The number of carbonyl (C=O) groups is 1. The lowest BCUT2D eigenvalue weighted by atomic mass is 10.0. The Kier molecular flexibility index (Phi) is 3.89. The molecule has 21 heavy (non-hydrogen) atoms. The molecule has 0 spiro atoms. The summed E-state index contributed by atoms with van der Waals surface area (Å²) in [5.74, 6) is 0.498. The number of rotatable bonds is 3. The van der Waals surface area contributed by atoms with Gasteiger partial charge in [-0.15, -0.1) is 0 Å². The van der Waals surface area contributed by atoms with E-state index in [1.165, 1.54) is 10.8 Å². The van der Waals surface area contributed by atoms with E-state index < -0.39 is 0 Å². The Morgan fingerprint density at radius 2 is 1.90 bits per heavy atom. The van der Waals surface area contributed by atoms with Crippen molar-refractivity contribution in [2.75, 3.05) is 20.6 Å². The van der Waals surface area contributed by atoms with Crippen LogP contribution < -0.4 is 0 Å². The lowest BCUT2D eigenvalue weighted by Gasteiger charge is -2.13.